The molecule has 0 saturated heterocycles. The number of amides is 4. The van der Waals surface area contributed by atoms with E-state index in [0.29, 0.717) is 56.1 Å². The average Bonchev–Trinajstić information content (AvgIpc) is 3.46. The van der Waals surface area contributed by atoms with Gasteiger partial charge < -0.3 is 41.7 Å². The summed E-state index contributed by atoms with van der Waals surface area (Å²) in [6.07, 6.45) is 5.85. The van der Waals surface area contributed by atoms with Gasteiger partial charge in [-0.25, -0.2) is 0 Å². The van der Waals surface area contributed by atoms with Crippen LogP contribution in [-0.4, -0.2) is 68.9 Å². The molecule has 16 heteroatoms. The Morgan fingerprint density at radius 3 is 0.768 bits per heavy atom. The van der Waals surface area contributed by atoms with Crippen LogP contribution in [0, 0.1) is 13.8 Å². The van der Waals surface area contributed by atoms with E-state index >= 15 is 0 Å². The molecule has 82 heavy (non-hydrogen) atoms. The van der Waals surface area contributed by atoms with E-state index in [1.165, 1.54) is 49.1 Å². The Hall–Kier alpha value is -10.5. The zero-order valence-corrected chi connectivity index (χ0v) is 46.4. The maximum Gasteiger partial charge on any atom is 0.259 e. The molecule has 0 radical (unpaired) electrons. The predicted octanol–water partition coefficient (Wildman–Crippen LogP) is 14.0. The van der Waals surface area contributed by atoms with E-state index in [1.54, 1.807) is 135 Å². The highest BCUT2D eigenvalue weighted by Crippen LogP contribution is 2.37. The van der Waals surface area contributed by atoms with Crippen LogP contribution >= 0.6 is 0 Å². The van der Waals surface area contributed by atoms with Gasteiger partial charge in [-0.3, -0.25) is 39.1 Å². The lowest BCUT2D eigenvalue weighted by Gasteiger charge is -2.21. The first-order valence-corrected chi connectivity index (χ1v) is 26.2. The van der Waals surface area contributed by atoms with Gasteiger partial charge in [0.1, 0.15) is 23.0 Å². The quantitative estimate of drug-likeness (QED) is 0.0724. The molecule has 0 aromatic heterocycles. The van der Waals surface area contributed by atoms with Gasteiger partial charge in [0.2, 0.25) is 0 Å². The number of phenolic OH excluding ortho intramolecular Hbond substituents is 4. The van der Waals surface area contributed by atoms with E-state index in [1.807, 2.05) is 41.5 Å². The maximum atomic E-state index is 14.1. The molecule has 0 aliphatic carbocycles. The molecule has 1 aliphatic rings. The second-order valence-corrected chi connectivity index (χ2v) is 21.8. The summed E-state index contributed by atoms with van der Waals surface area (Å²) in [5.41, 5.74) is 4.72. The molecule has 4 amide bonds. The number of hydrogen-bond acceptors (Lipinski definition) is 12. The van der Waals surface area contributed by atoms with E-state index in [-0.39, 0.29) is 56.5 Å². The van der Waals surface area contributed by atoms with Crippen LogP contribution in [0.4, 0.5) is 45.5 Å². The van der Waals surface area contributed by atoms with Crippen LogP contribution in [-0.2, 0) is 10.8 Å². The van der Waals surface area contributed by atoms with E-state index in [9.17, 15) is 39.6 Å². The number of nitrogens with one attached hydrogen (secondary N) is 4. The smallest absolute Gasteiger partial charge is 0.259 e. The second-order valence-electron chi connectivity index (χ2n) is 21.8. The third-order valence-corrected chi connectivity index (χ3v) is 13.5. The summed E-state index contributed by atoms with van der Waals surface area (Å²) in [5.74, 6) is -4.36. The molecular weight excluding hydrogens is 1030 g/mol. The largest absolute Gasteiger partial charge is 0.507 e. The number of aryl methyl sites for hydroxylation is 2. The minimum Gasteiger partial charge on any atom is -0.507 e. The van der Waals surface area contributed by atoms with Gasteiger partial charge in [-0.2, -0.15) is 0 Å². The van der Waals surface area contributed by atoms with Crippen molar-refractivity contribution < 1.29 is 39.6 Å². The predicted molar refractivity (Wildman–Crippen MR) is 326 cm³/mol. The van der Waals surface area contributed by atoms with Crippen LogP contribution in [0.1, 0.15) is 127 Å². The molecule has 8 N–H and O–H groups in total. The number of nitrogens with zero attached hydrogens (tertiary/aromatic N) is 4. The highest BCUT2D eigenvalue weighted by Gasteiger charge is 2.25. The molecule has 412 valence electrons. The molecule has 1 aliphatic heterocycles. The molecule has 0 saturated carbocycles. The normalized spacial score (nSPS) is 13.4. The maximum absolute atomic E-state index is 14.1. The van der Waals surface area contributed by atoms with Crippen molar-refractivity contribution in [2.75, 3.05) is 21.3 Å². The SMILES string of the molecule is Cc1cc2c(O)c(c1)C(=O)Nc1ccccc1N=Cc1cc(C(C)(C)C)cc(c1O)C=Nc1ccccc1NC(=O)c1cc(C)cc(c1O)C(=O)Nc1ccccc1N=Cc1cc(C(C)(C)C)cc(c1O)C=Nc1ccccc1NC2=O. The van der Waals surface area contributed by atoms with E-state index < -0.39 is 46.0 Å². The van der Waals surface area contributed by atoms with Gasteiger partial charge in [0.25, 0.3) is 23.6 Å². The van der Waals surface area contributed by atoms with Gasteiger partial charge in [-0.05, 0) is 144 Å². The van der Waals surface area contributed by atoms with Gasteiger partial charge in [0.15, 0.2) is 0 Å². The summed E-state index contributed by atoms with van der Waals surface area (Å²) in [5, 5.41) is 58.2. The number of para-hydroxylation sites is 8. The second kappa shape index (κ2) is 23.1. The van der Waals surface area contributed by atoms with E-state index in [2.05, 4.69) is 21.3 Å². The van der Waals surface area contributed by atoms with Crippen LogP contribution in [0.15, 0.2) is 166 Å². The lowest BCUT2D eigenvalue weighted by Crippen LogP contribution is -2.17. The fraction of sp³-hybridized carbons (Fsp3) is 0.152. The molecule has 0 atom stereocenters. The number of anilines is 4. The van der Waals surface area contributed by atoms with Gasteiger partial charge in [-0.15, -0.1) is 0 Å². The van der Waals surface area contributed by atoms with Crippen LogP contribution in [0.5, 0.6) is 23.0 Å². The van der Waals surface area contributed by atoms with Crippen molar-refractivity contribution >= 4 is 94.0 Å². The highest BCUT2D eigenvalue weighted by atomic mass is 16.3. The van der Waals surface area contributed by atoms with Crippen molar-refractivity contribution in [1.82, 2.24) is 0 Å². The number of rotatable bonds is 0. The first-order valence-electron chi connectivity index (χ1n) is 26.2. The highest BCUT2D eigenvalue weighted by molar-refractivity contribution is 6.15. The summed E-state index contributed by atoms with van der Waals surface area (Å²) < 4.78 is 0. The summed E-state index contributed by atoms with van der Waals surface area (Å²) in [6, 6.07) is 39.9. The Labute approximate surface area is 474 Å². The van der Waals surface area contributed by atoms with Crippen molar-refractivity contribution in [3.05, 3.63) is 212 Å². The minimum absolute atomic E-state index is 0.162. The summed E-state index contributed by atoms with van der Waals surface area (Å²) in [6.45, 7) is 15.5. The monoisotopic (exact) mass is 1090 g/mol. The number of phenols is 4. The zero-order chi connectivity index (χ0) is 58.6. The van der Waals surface area contributed by atoms with E-state index in [0.717, 1.165) is 11.1 Å². The standard InChI is InChI=1S/C66H60N8O8/c1-37-25-45-59(77)46(26-37)62(80)72-54-22-14-10-18-50(54)68-34-40-30-44(66(6,7)8)32-42(58(40)76)36-70-52-20-12-16-24-56(52)74-64(82)48-28-38(2)27-47(60(48)78)63(81)73-55-23-15-11-19-51(55)69-35-41-31-43(65(3,4)5)29-39(57(41)75)33-67-49-17-9-13-21-53(49)71-61(45)79/h9-36,75-78H,1-8H3,(H,71,79)(H,72,80)(H,73,81)(H,74,82). The number of benzene rings is 8. The first-order chi connectivity index (χ1) is 39.0. The number of aliphatic imine (C=N–C) groups is 4. The Kier molecular flexibility index (Phi) is 15.8. The van der Waals surface area contributed by atoms with Crippen molar-refractivity contribution in [3.63, 3.8) is 0 Å². The minimum atomic E-state index is -0.725. The molecule has 9 rings (SSSR count). The molecule has 8 bridgehead atoms. The van der Waals surface area contributed by atoms with Crippen LogP contribution in [0.2, 0.25) is 0 Å². The van der Waals surface area contributed by atoms with Crippen LogP contribution in [0.3, 0.4) is 0 Å². The molecular formula is C66H60N8O8. The van der Waals surface area contributed by atoms with Gasteiger partial charge >= 0.3 is 0 Å². The lowest BCUT2D eigenvalue weighted by molar-refractivity contribution is 0.100. The molecule has 8 aromatic carbocycles. The Bertz CT molecular complexity index is 3530. The topological polar surface area (TPSA) is 247 Å². The van der Waals surface area contributed by atoms with Crippen molar-refractivity contribution in [1.29, 1.82) is 0 Å². The molecule has 0 fully saturated rings. The van der Waals surface area contributed by atoms with Gasteiger partial charge in [-0.1, -0.05) is 90.1 Å². The number of fused-ring (bicyclic) bond motifs is 12. The summed E-state index contributed by atoms with van der Waals surface area (Å²) in [7, 11) is 0. The van der Waals surface area contributed by atoms with Crippen molar-refractivity contribution in [2.24, 2.45) is 20.0 Å². The molecule has 1 heterocycles. The number of carbonyl (C=O) groups excluding carboxylic acids is 4. The first kappa shape index (κ1) is 56.2. The Balaban J connectivity index is 1.15. The van der Waals surface area contributed by atoms with Crippen LogP contribution < -0.4 is 21.3 Å². The summed E-state index contributed by atoms with van der Waals surface area (Å²) in [4.78, 5) is 75.4. The van der Waals surface area contributed by atoms with E-state index in [4.69, 9.17) is 20.0 Å². The third-order valence-electron chi connectivity index (χ3n) is 13.5. The van der Waals surface area contributed by atoms with Crippen LogP contribution in [0.25, 0.3) is 0 Å². The number of carbonyl (C=O) groups is 4. The fourth-order valence-corrected chi connectivity index (χ4v) is 8.95. The molecule has 8 aromatic rings. The number of hydrogen-bond donors (Lipinski definition) is 8. The zero-order valence-electron chi connectivity index (χ0n) is 46.4. The molecule has 0 spiro atoms. The average molecular weight is 1090 g/mol. The van der Waals surface area contributed by atoms with Crippen molar-refractivity contribution in [3.8, 4) is 23.0 Å². The number of aromatic hydroxyl groups is 4. The molecule has 16 nitrogen and oxygen atoms in total. The Morgan fingerprint density at radius 1 is 0.329 bits per heavy atom. The third kappa shape index (κ3) is 12.5. The van der Waals surface area contributed by atoms with Gasteiger partial charge in [0, 0.05) is 47.1 Å². The molecule has 0 unspecified atom stereocenters. The fourth-order valence-electron chi connectivity index (χ4n) is 8.95. The van der Waals surface area contributed by atoms with Gasteiger partial charge in [0.05, 0.1) is 67.8 Å². The Morgan fingerprint density at radius 2 is 0.549 bits per heavy atom. The summed E-state index contributed by atoms with van der Waals surface area (Å²) >= 11 is 0. The van der Waals surface area contributed by atoms with Crippen molar-refractivity contribution in [2.45, 2.75) is 66.2 Å². The lowest BCUT2D eigenvalue weighted by atomic mass is 9.85.